The van der Waals surface area contributed by atoms with Gasteiger partial charge in [0.15, 0.2) is 0 Å². The summed E-state index contributed by atoms with van der Waals surface area (Å²) < 4.78 is 5.51. The standard InChI is InChI=1S/C22H30O2/c1-5-22(23)11-9-19-20-14(2)12-15-13-16(24-4)6-7-17(15)18(20)8-10-21(19,22)3/h1,6,14,18-20,23H,7-13H2,2-4H3/t14-,18?,19?,20?,21+,22+/m1/s1. The highest BCUT2D eigenvalue weighted by Crippen LogP contribution is 2.65. The van der Waals surface area contributed by atoms with Crippen LogP contribution in [0.2, 0.25) is 0 Å². The van der Waals surface area contributed by atoms with E-state index < -0.39 is 5.60 Å². The molecule has 0 bridgehead atoms. The van der Waals surface area contributed by atoms with Gasteiger partial charge in [0.2, 0.25) is 0 Å². The fourth-order valence-corrected chi connectivity index (χ4v) is 6.71. The molecular weight excluding hydrogens is 296 g/mol. The van der Waals surface area contributed by atoms with Crippen LogP contribution in [0.4, 0.5) is 0 Å². The summed E-state index contributed by atoms with van der Waals surface area (Å²) >= 11 is 0. The Balaban J connectivity index is 1.68. The van der Waals surface area contributed by atoms with Gasteiger partial charge in [0.1, 0.15) is 5.60 Å². The summed E-state index contributed by atoms with van der Waals surface area (Å²) in [4.78, 5) is 0. The molecule has 0 aromatic rings. The van der Waals surface area contributed by atoms with Crippen molar-refractivity contribution in [3.63, 3.8) is 0 Å². The minimum atomic E-state index is -0.896. The highest BCUT2D eigenvalue weighted by Gasteiger charge is 2.62. The van der Waals surface area contributed by atoms with E-state index >= 15 is 0 Å². The number of terminal acetylenes is 1. The largest absolute Gasteiger partial charge is 0.501 e. The summed E-state index contributed by atoms with van der Waals surface area (Å²) in [5.74, 6) is 6.53. The second kappa shape index (κ2) is 5.40. The van der Waals surface area contributed by atoms with Crippen LogP contribution in [0.15, 0.2) is 23.0 Å². The highest BCUT2D eigenvalue weighted by atomic mass is 16.5. The molecule has 4 rings (SSSR count). The summed E-state index contributed by atoms with van der Waals surface area (Å²) in [5, 5.41) is 11.1. The van der Waals surface area contributed by atoms with Gasteiger partial charge in [0.05, 0.1) is 12.9 Å². The maximum Gasteiger partial charge on any atom is 0.130 e. The summed E-state index contributed by atoms with van der Waals surface area (Å²) in [6.07, 6.45) is 15.4. The van der Waals surface area contributed by atoms with Crippen LogP contribution >= 0.6 is 0 Å². The number of ether oxygens (including phenoxy) is 1. The number of methoxy groups -OCH3 is 1. The molecular formula is C22H30O2. The maximum atomic E-state index is 11.1. The molecule has 2 nitrogen and oxygen atoms in total. The Bertz CT molecular complexity index is 651. The van der Waals surface area contributed by atoms with Crippen LogP contribution in [0.25, 0.3) is 0 Å². The van der Waals surface area contributed by atoms with Crippen molar-refractivity contribution in [2.75, 3.05) is 7.11 Å². The van der Waals surface area contributed by atoms with E-state index in [4.69, 9.17) is 11.2 Å². The number of fused-ring (bicyclic) bond motifs is 4. The summed E-state index contributed by atoms with van der Waals surface area (Å²) in [6, 6.07) is 0. The van der Waals surface area contributed by atoms with Crippen molar-refractivity contribution in [3.8, 4) is 12.3 Å². The van der Waals surface area contributed by atoms with E-state index in [1.54, 1.807) is 18.3 Å². The van der Waals surface area contributed by atoms with Crippen LogP contribution < -0.4 is 0 Å². The Morgan fingerprint density at radius 3 is 2.83 bits per heavy atom. The number of hydrogen-bond donors (Lipinski definition) is 1. The Morgan fingerprint density at radius 1 is 1.33 bits per heavy atom. The van der Waals surface area contributed by atoms with Crippen molar-refractivity contribution in [2.45, 2.75) is 64.4 Å². The molecule has 0 aliphatic heterocycles. The Morgan fingerprint density at radius 2 is 2.12 bits per heavy atom. The molecule has 6 atom stereocenters. The predicted octanol–water partition coefficient (Wildman–Crippen LogP) is 4.45. The topological polar surface area (TPSA) is 29.5 Å². The molecule has 0 heterocycles. The smallest absolute Gasteiger partial charge is 0.130 e. The van der Waals surface area contributed by atoms with Gasteiger partial charge in [-0.25, -0.2) is 0 Å². The molecule has 24 heavy (non-hydrogen) atoms. The zero-order valence-electron chi connectivity index (χ0n) is 15.3. The summed E-state index contributed by atoms with van der Waals surface area (Å²) in [7, 11) is 1.79. The number of allylic oxidation sites excluding steroid dienone is 3. The van der Waals surface area contributed by atoms with Crippen LogP contribution in [-0.2, 0) is 4.74 Å². The first-order chi connectivity index (χ1) is 11.4. The lowest BCUT2D eigenvalue weighted by atomic mass is 9.50. The molecule has 0 spiro atoms. The van der Waals surface area contributed by atoms with E-state index in [1.165, 1.54) is 12.8 Å². The molecule has 0 saturated heterocycles. The first-order valence-electron chi connectivity index (χ1n) is 9.57. The zero-order valence-corrected chi connectivity index (χ0v) is 15.3. The Hall–Kier alpha value is -1.20. The minimum Gasteiger partial charge on any atom is -0.501 e. The minimum absolute atomic E-state index is 0.0998. The second-order valence-corrected chi connectivity index (χ2v) is 8.86. The third-order valence-electron chi connectivity index (χ3n) is 8.05. The van der Waals surface area contributed by atoms with E-state index in [0.29, 0.717) is 23.7 Å². The van der Waals surface area contributed by atoms with Gasteiger partial charge in [0.25, 0.3) is 0 Å². The lowest BCUT2D eigenvalue weighted by Gasteiger charge is -2.55. The molecule has 0 aromatic heterocycles. The first kappa shape index (κ1) is 16.3. The number of hydrogen-bond acceptors (Lipinski definition) is 2. The van der Waals surface area contributed by atoms with Gasteiger partial charge in [0, 0.05) is 11.8 Å². The van der Waals surface area contributed by atoms with Gasteiger partial charge >= 0.3 is 0 Å². The van der Waals surface area contributed by atoms with Gasteiger partial charge < -0.3 is 9.84 Å². The fourth-order valence-electron chi connectivity index (χ4n) is 6.71. The monoisotopic (exact) mass is 326 g/mol. The second-order valence-electron chi connectivity index (χ2n) is 8.86. The molecule has 0 radical (unpaired) electrons. The molecule has 3 unspecified atom stereocenters. The van der Waals surface area contributed by atoms with Gasteiger partial charge in [-0.1, -0.05) is 30.9 Å². The lowest BCUT2D eigenvalue weighted by Crippen LogP contribution is -2.52. The van der Waals surface area contributed by atoms with Crippen LogP contribution in [0.1, 0.15) is 58.8 Å². The van der Waals surface area contributed by atoms with E-state index in [-0.39, 0.29) is 5.41 Å². The van der Waals surface area contributed by atoms with E-state index in [2.05, 4.69) is 25.8 Å². The van der Waals surface area contributed by atoms with Gasteiger partial charge in [-0.2, -0.15) is 0 Å². The molecule has 2 heteroatoms. The van der Waals surface area contributed by atoms with Crippen molar-refractivity contribution in [1.29, 1.82) is 0 Å². The average molecular weight is 326 g/mol. The Labute approximate surface area is 146 Å². The van der Waals surface area contributed by atoms with Gasteiger partial charge in [-0.3, -0.25) is 0 Å². The predicted molar refractivity (Wildman–Crippen MR) is 96.0 cm³/mol. The summed E-state index contributed by atoms with van der Waals surface area (Å²) in [5.41, 5.74) is 2.33. The van der Waals surface area contributed by atoms with Crippen molar-refractivity contribution < 1.29 is 9.84 Å². The fraction of sp³-hybridized carbons (Fsp3) is 0.727. The third-order valence-corrected chi connectivity index (χ3v) is 8.05. The van der Waals surface area contributed by atoms with Crippen molar-refractivity contribution in [3.05, 3.63) is 23.0 Å². The molecule has 4 aliphatic rings. The molecule has 2 saturated carbocycles. The molecule has 0 aromatic carbocycles. The Kier molecular flexibility index (Phi) is 3.66. The van der Waals surface area contributed by atoms with Crippen molar-refractivity contribution >= 4 is 0 Å². The highest BCUT2D eigenvalue weighted by molar-refractivity contribution is 5.34. The van der Waals surface area contributed by atoms with Crippen molar-refractivity contribution in [2.24, 2.45) is 29.1 Å². The third kappa shape index (κ3) is 2.00. The van der Waals surface area contributed by atoms with Crippen LogP contribution in [0, 0.1) is 41.4 Å². The lowest BCUT2D eigenvalue weighted by molar-refractivity contribution is -0.0803. The van der Waals surface area contributed by atoms with Gasteiger partial charge in [-0.15, -0.1) is 6.42 Å². The summed E-state index contributed by atoms with van der Waals surface area (Å²) in [6.45, 7) is 4.69. The molecule has 4 aliphatic carbocycles. The SMILES string of the molecule is C#C[C@]1(O)CCC2C3C(CC[C@@]21C)C1=C(CC(OC)=CC1)C[C@H]3C. The van der Waals surface area contributed by atoms with Crippen molar-refractivity contribution in [1.82, 2.24) is 0 Å². The van der Waals surface area contributed by atoms with Gasteiger partial charge in [-0.05, 0) is 68.3 Å². The van der Waals surface area contributed by atoms with E-state index in [0.717, 1.165) is 37.9 Å². The van der Waals surface area contributed by atoms with Crippen LogP contribution in [0.3, 0.4) is 0 Å². The van der Waals surface area contributed by atoms with E-state index in [9.17, 15) is 5.11 Å². The van der Waals surface area contributed by atoms with Crippen LogP contribution in [0.5, 0.6) is 0 Å². The number of aliphatic hydroxyl groups is 1. The molecule has 130 valence electrons. The average Bonchev–Trinajstić information content (AvgIpc) is 2.86. The van der Waals surface area contributed by atoms with Crippen LogP contribution in [-0.4, -0.2) is 17.8 Å². The maximum absolute atomic E-state index is 11.1. The molecule has 1 N–H and O–H groups in total. The number of rotatable bonds is 1. The van der Waals surface area contributed by atoms with E-state index in [1.807, 2.05) is 0 Å². The zero-order chi connectivity index (χ0) is 17.1. The molecule has 2 fully saturated rings. The first-order valence-corrected chi connectivity index (χ1v) is 9.57. The normalized spacial score (nSPS) is 47.2. The quantitative estimate of drug-likeness (QED) is 0.570. The molecule has 0 amide bonds.